The number of amides is 2. The minimum absolute atomic E-state index is 0.00901. The minimum Gasteiger partial charge on any atom is -0.496 e. The van der Waals surface area contributed by atoms with Crippen LogP contribution < -0.4 is 15.0 Å². The maximum atomic E-state index is 14.0. The molecule has 254 valence electrons. The molecule has 4 rings (SSSR count). The number of nitrogens with one attached hydrogen (secondary N) is 1. The number of likely N-dealkylation sites (N-methyl/N-ethyl adjacent to an activating group) is 1. The van der Waals surface area contributed by atoms with Gasteiger partial charge in [0.1, 0.15) is 35.7 Å². The van der Waals surface area contributed by atoms with Crippen LogP contribution in [-0.2, 0) is 35.0 Å². The largest absolute Gasteiger partial charge is 0.496 e. The Morgan fingerprint density at radius 2 is 1.96 bits per heavy atom. The van der Waals surface area contributed by atoms with E-state index in [2.05, 4.69) is 5.32 Å². The first kappa shape index (κ1) is 36.1. The molecule has 13 heteroatoms. The van der Waals surface area contributed by atoms with Crippen molar-refractivity contribution in [3.05, 3.63) is 47.1 Å². The smallest absolute Gasteiger partial charge is 0.409 e. The number of benzene rings is 1. The average Bonchev–Trinajstić information content (AvgIpc) is 3.69. The number of allylic oxidation sites excluding steroid dienone is 3. The van der Waals surface area contributed by atoms with E-state index in [9.17, 15) is 19.5 Å². The molecule has 4 bridgehead atoms. The third kappa shape index (κ3) is 7.53. The fraction of sp³-hybridized carbons (Fsp3) is 0.606. The Kier molecular flexibility index (Phi) is 11.1. The van der Waals surface area contributed by atoms with Crippen molar-refractivity contribution in [3.8, 4) is 5.75 Å². The average molecular weight is 756 g/mol. The van der Waals surface area contributed by atoms with Crippen molar-refractivity contribution in [1.29, 1.82) is 0 Å². The van der Waals surface area contributed by atoms with Crippen molar-refractivity contribution in [2.24, 2.45) is 5.92 Å². The highest BCUT2D eigenvalue weighted by molar-refractivity contribution is 14.1. The predicted molar refractivity (Wildman–Crippen MR) is 180 cm³/mol. The summed E-state index contributed by atoms with van der Waals surface area (Å²) in [4.78, 5) is 41.5. The van der Waals surface area contributed by atoms with Gasteiger partial charge in [-0.2, -0.15) is 0 Å². The van der Waals surface area contributed by atoms with Crippen LogP contribution >= 0.6 is 22.9 Å². The van der Waals surface area contributed by atoms with E-state index in [1.807, 2.05) is 61.8 Å². The van der Waals surface area contributed by atoms with E-state index < -0.39 is 59.8 Å². The van der Waals surface area contributed by atoms with Gasteiger partial charge in [0.05, 0.1) is 25.3 Å². The number of hydrogen-bond donors (Lipinski definition) is 2. The van der Waals surface area contributed by atoms with Gasteiger partial charge in [-0.1, -0.05) is 30.7 Å². The predicted octanol–water partition coefficient (Wildman–Crippen LogP) is 3.99. The van der Waals surface area contributed by atoms with Crippen molar-refractivity contribution in [3.63, 3.8) is 0 Å². The maximum Gasteiger partial charge on any atom is 0.409 e. The maximum absolute atomic E-state index is 14.0. The highest BCUT2D eigenvalue weighted by Gasteiger charge is 2.64. The highest BCUT2D eigenvalue weighted by Crippen LogP contribution is 2.49. The molecule has 2 amide bonds. The van der Waals surface area contributed by atoms with Crippen LogP contribution in [0.5, 0.6) is 5.75 Å². The van der Waals surface area contributed by atoms with Gasteiger partial charge >= 0.3 is 12.1 Å². The van der Waals surface area contributed by atoms with Crippen molar-refractivity contribution in [2.45, 2.75) is 95.7 Å². The molecule has 46 heavy (non-hydrogen) atoms. The van der Waals surface area contributed by atoms with E-state index in [0.29, 0.717) is 17.9 Å². The highest BCUT2D eigenvalue weighted by atomic mass is 127. The summed E-state index contributed by atoms with van der Waals surface area (Å²) in [6.07, 6.45) is 1.85. The van der Waals surface area contributed by atoms with Gasteiger partial charge in [-0.3, -0.25) is 14.9 Å². The van der Waals surface area contributed by atoms with Crippen LogP contribution in [0.25, 0.3) is 0 Å². The Morgan fingerprint density at radius 1 is 1.26 bits per heavy atom. The lowest BCUT2D eigenvalue weighted by Crippen LogP contribution is -2.63. The summed E-state index contributed by atoms with van der Waals surface area (Å²) in [6, 6.07) is 3.31. The van der Waals surface area contributed by atoms with Crippen LogP contribution in [-0.4, -0.2) is 96.3 Å². The van der Waals surface area contributed by atoms with Crippen molar-refractivity contribution in [1.82, 2.24) is 8.43 Å². The molecule has 3 aliphatic rings. The lowest BCUT2D eigenvalue weighted by Gasteiger charge is -2.42. The molecule has 2 saturated heterocycles. The minimum atomic E-state index is -1.76. The summed E-state index contributed by atoms with van der Waals surface area (Å²) < 4.78 is 30.9. The van der Waals surface area contributed by atoms with Crippen molar-refractivity contribution < 1.29 is 43.2 Å². The summed E-state index contributed by atoms with van der Waals surface area (Å²) >= 11 is 2.01. The van der Waals surface area contributed by atoms with Gasteiger partial charge in [0.15, 0.2) is 5.72 Å². The summed E-state index contributed by atoms with van der Waals surface area (Å²) in [5.74, 6) is -0.578. The van der Waals surface area contributed by atoms with Gasteiger partial charge in [0, 0.05) is 54.9 Å². The van der Waals surface area contributed by atoms with Gasteiger partial charge in [-0.05, 0) is 58.9 Å². The zero-order chi connectivity index (χ0) is 34.1. The van der Waals surface area contributed by atoms with Crippen LogP contribution in [0.4, 0.5) is 10.5 Å². The number of alkyl carbamates (subject to hydrolysis) is 1. The number of carbonyl (C=O) groups is 3. The number of anilines is 1. The molecular weight excluding hydrogens is 709 g/mol. The number of ether oxygens (including phenoxy) is 5. The van der Waals surface area contributed by atoms with Crippen molar-refractivity contribution in [2.75, 3.05) is 33.2 Å². The third-order valence-electron chi connectivity index (χ3n) is 9.40. The normalized spacial score (nSPS) is 34.4. The van der Waals surface area contributed by atoms with E-state index in [1.165, 1.54) is 7.11 Å². The first-order valence-electron chi connectivity index (χ1n) is 15.3. The number of hydrogen-bond acceptors (Lipinski definition) is 10. The summed E-state index contributed by atoms with van der Waals surface area (Å²) in [5.41, 5.74) is 0.554. The zero-order valence-corrected chi connectivity index (χ0v) is 30.1. The van der Waals surface area contributed by atoms with Gasteiger partial charge in [-0.15, -0.1) is 0 Å². The second-order valence-corrected chi connectivity index (χ2v) is 14.3. The van der Waals surface area contributed by atoms with Crippen LogP contribution in [0.2, 0.25) is 0 Å². The monoisotopic (exact) mass is 755 g/mol. The molecule has 2 fully saturated rings. The molecule has 0 unspecified atom stereocenters. The number of fused-ring (bicyclic) bond motifs is 5. The lowest BCUT2D eigenvalue weighted by molar-refractivity contribution is -0.157. The SMILES string of the molecule is COc1cc2cc(c1C)N(C)C(=O)C[C@H](OC(=O)[C@H](C)N(C)I)[C@]1(C)O[C@H]1[C@H](C)[C@@H]1C[C@@](O)(NC(=O)O1)[C@H](OC)/C=C/C=C(\C)C2. The number of methoxy groups -OCH3 is 2. The Balaban J connectivity index is 1.80. The van der Waals surface area contributed by atoms with Crippen molar-refractivity contribution >= 4 is 46.5 Å². The first-order chi connectivity index (χ1) is 21.5. The molecular formula is C33H46IN3O9. The molecule has 0 saturated carbocycles. The topological polar surface area (TPSA) is 139 Å². The van der Waals surface area contributed by atoms with Crippen LogP contribution in [0.1, 0.15) is 51.7 Å². The molecule has 2 N–H and O–H groups in total. The Bertz CT molecular complexity index is 1400. The number of aliphatic hydroxyl groups is 1. The molecule has 12 nitrogen and oxygen atoms in total. The summed E-state index contributed by atoms with van der Waals surface area (Å²) in [7, 11) is 6.50. The number of epoxide rings is 1. The van der Waals surface area contributed by atoms with Gasteiger partial charge < -0.3 is 33.7 Å². The molecule has 1 aromatic rings. The van der Waals surface area contributed by atoms with Crippen LogP contribution in [0, 0.1) is 12.8 Å². The third-order valence-corrected chi connectivity index (χ3v) is 10.2. The second-order valence-electron chi connectivity index (χ2n) is 12.7. The van der Waals surface area contributed by atoms with E-state index >= 15 is 0 Å². The molecule has 8 atom stereocenters. The zero-order valence-electron chi connectivity index (χ0n) is 28.0. The van der Waals surface area contributed by atoms with Crippen LogP contribution in [0.15, 0.2) is 35.9 Å². The standard InChI is InChI=1S/C33H46IN3O9/c1-18-11-10-12-26(43-9)33(41)17-25(44-31(40)35-33)20(3)29-32(5,46-29)27(45-30(39)21(4)37(7)34)16-28(38)36(6)23-14-22(13-18)15-24(42-8)19(23)2/h10-12,14-15,20-21,25-27,29,41H,13,16-17H2,1-9H3,(H,35,40)/b12-10+,18-11+/t20-,21+,25+,26-,27+,29+,32+,33+/m1/s1. The Labute approximate surface area is 284 Å². The van der Waals surface area contributed by atoms with E-state index in [4.69, 9.17) is 23.7 Å². The fourth-order valence-electron chi connectivity index (χ4n) is 6.25. The molecule has 0 aromatic heterocycles. The molecule has 1 aromatic carbocycles. The number of esters is 1. The molecule has 3 aliphatic heterocycles. The molecule has 0 radical (unpaired) electrons. The number of halogens is 1. The summed E-state index contributed by atoms with van der Waals surface area (Å²) in [5, 5.41) is 14.2. The van der Waals surface area contributed by atoms with E-state index in [-0.39, 0.29) is 18.7 Å². The van der Waals surface area contributed by atoms with Gasteiger partial charge in [0.2, 0.25) is 5.91 Å². The molecule has 0 spiro atoms. The van der Waals surface area contributed by atoms with E-state index in [1.54, 1.807) is 55.2 Å². The number of nitrogens with zero attached hydrogens (tertiary/aromatic N) is 2. The second kappa shape index (κ2) is 14.2. The number of rotatable bonds is 5. The first-order valence-corrected chi connectivity index (χ1v) is 16.3. The van der Waals surface area contributed by atoms with Crippen LogP contribution in [0.3, 0.4) is 0 Å². The number of carbonyl (C=O) groups excluding carboxylic acids is 3. The van der Waals surface area contributed by atoms with E-state index in [0.717, 1.165) is 16.7 Å². The van der Waals surface area contributed by atoms with Gasteiger partial charge in [0.25, 0.3) is 0 Å². The molecule has 0 aliphatic carbocycles. The molecule has 3 heterocycles. The Morgan fingerprint density at radius 3 is 2.59 bits per heavy atom. The Hall–Kier alpha value is -2.72. The lowest BCUT2D eigenvalue weighted by atomic mass is 9.83. The fourth-order valence-corrected chi connectivity index (χ4v) is 6.47. The quantitative estimate of drug-likeness (QED) is 0.196. The summed E-state index contributed by atoms with van der Waals surface area (Å²) in [6.45, 7) is 9.22. The van der Waals surface area contributed by atoms with Gasteiger partial charge in [-0.25, -0.2) is 7.91 Å².